The Bertz CT molecular complexity index is 421. The van der Waals surface area contributed by atoms with Gasteiger partial charge in [-0.15, -0.1) is 6.58 Å². The third-order valence-electron chi connectivity index (χ3n) is 2.57. The van der Waals surface area contributed by atoms with Gasteiger partial charge in [0.15, 0.2) is 6.61 Å². The molecular formula is C15H22N2O3. The largest absolute Gasteiger partial charge is 0.483 e. The molecule has 1 amide bonds. The number of amides is 1. The molecule has 1 aromatic rings. The Morgan fingerprint density at radius 1 is 1.40 bits per heavy atom. The van der Waals surface area contributed by atoms with E-state index in [1.807, 2.05) is 24.3 Å². The highest BCUT2D eigenvalue weighted by atomic mass is 16.5. The summed E-state index contributed by atoms with van der Waals surface area (Å²) in [4.78, 5) is 11.5. The van der Waals surface area contributed by atoms with Crippen LogP contribution in [0.1, 0.15) is 5.56 Å². The van der Waals surface area contributed by atoms with Gasteiger partial charge in [-0.05, 0) is 6.07 Å². The molecular weight excluding hydrogens is 256 g/mol. The van der Waals surface area contributed by atoms with Gasteiger partial charge in [-0.25, -0.2) is 0 Å². The van der Waals surface area contributed by atoms with Crippen molar-refractivity contribution in [3.05, 3.63) is 42.5 Å². The quantitative estimate of drug-likeness (QED) is 0.497. The van der Waals surface area contributed by atoms with Gasteiger partial charge in [0.2, 0.25) is 0 Å². The molecule has 0 aliphatic heterocycles. The van der Waals surface area contributed by atoms with Gasteiger partial charge in [0.1, 0.15) is 5.75 Å². The zero-order chi connectivity index (χ0) is 14.6. The number of benzene rings is 1. The van der Waals surface area contributed by atoms with E-state index in [9.17, 15) is 4.79 Å². The summed E-state index contributed by atoms with van der Waals surface area (Å²) in [5, 5.41) is 5.91. The predicted octanol–water partition coefficient (Wildman–Crippen LogP) is 1.10. The lowest BCUT2D eigenvalue weighted by molar-refractivity contribution is -0.122. The molecule has 20 heavy (non-hydrogen) atoms. The van der Waals surface area contributed by atoms with E-state index in [2.05, 4.69) is 17.2 Å². The second-order valence-corrected chi connectivity index (χ2v) is 4.16. The maximum atomic E-state index is 11.5. The van der Waals surface area contributed by atoms with Crippen LogP contribution in [-0.2, 0) is 16.1 Å². The lowest BCUT2D eigenvalue weighted by Crippen LogP contribution is -2.29. The van der Waals surface area contributed by atoms with Gasteiger partial charge in [0.25, 0.3) is 5.91 Å². The summed E-state index contributed by atoms with van der Waals surface area (Å²) in [6.07, 6.45) is 1.63. The van der Waals surface area contributed by atoms with E-state index in [1.165, 1.54) is 0 Å². The first-order valence-electron chi connectivity index (χ1n) is 6.56. The van der Waals surface area contributed by atoms with Crippen LogP contribution >= 0.6 is 0 Å². The van der Waals surface area contributed by atoms with Gasteiger partial charge in [-0.2, -0.15) is 0 Å². The number of nitrogens with one attached hydrogen (secondary N) is 2. The molecule has 0 saturated heterocycles. The van der Waals surface area contributed by atoms with Crippen molar-refractivity contribution in [2.75, 3.05) is 33.4 Å². The summed E-state index contributed by atoms with van der Waals surface area (Å²) >= 11 is 0. The molecule has 1 rings (SSSR count). The van der Waals surface area contributed by atoms with E-state index >= 15 is 0 Å². The highest BCUT2D eigenvalue weighted by Crippen LogP contribution is 2.17. The minimum absolute atomic E-state index is 0.00290. The van der Waals surface area contributed by atoms with Crippen LogP contribution in [0.2, 0.25) is 0 Å². The molecule has 0 fully saturated rings. The Morgan fingerprint density at radius 3 is 2.95 bits per heavy atom. The van der Waals surface area contributed by atoms with E-state index < -0.39 is 0 Å². The van der Waals surface area contributed by atoms with Crippen molar-refractivity contribution in [3.8, 4) is 5.75 Å². The molecule has 0 unspecified atom stereocenters. The number of hydrogen-bond donors (Lipinski definition) is 2. The van der Waals surface area contributed by atoms with Crippen LogP contribution in [0.5, 0.6) is 5.75 Å². The van der Waals surface area contributed by atoms with Crippen molar-refractivity contribution < 1.29 is 14.3 Å². The summed E-state index contributed by atoms with van der Waals surface area (Å²) in [5.74, 6) is 0.554. The van der Waals surface area contributed by atoms with Crippen LogP contribution in [-0.4, -0.2) is 39.3 Å². The van der Waals surface area contributed by atoms with Gasteiger partial charge in [-0.3, -0.25) is 4.79 Å². The van der Waals surface area contributed by atoms with Crippen LogP contribution in [0.4, 0.5) is 0 Å². The minimum atomic E-state index is -0.160. The molecule has 0 bridgehead atoms. The van der Waals surface area contributed by atoms with Crippen molar-refractivity contribution in [1.82, 2.24) is 10.6 Å². The van der Waals surface area contributed by atoms with Gasteiger partial charge in [0, 0.05) is 32.3 Å². The topological polar surface area (TPSA) is 59.6 Å². The van der Waals surface area contributed by atoms with Gasteiger partial charge >= 0.3 is 0 Å². The number of carbonyl (C=O) groups excluding carboxylic acids is 1. The highest BCUT2D eigenvalue weighted by molar-refractivity contribution is 5.77. The summed E-state index contributed by atoms with van der Waals surface area (Å²) in [7, 11) is 1.67. The highest BCUT2D eigenvalue weighted by Gasteiger charge is 2.05. The first-order chi connectivity index (χ1) is 9.77. The SMILES string of the molecule is C=CCNC(=O)COc1ccccc1CNCCOC. The Balaban J connectivity index is 2.44. The summed E-state index contributed by atoms with van der Waals surface area (Å²) in [6.45, 7) is 6.09. The second-order valence-electron chi connectivity index (χ2n) is 4.16. The first kappa shape index (κ1) is 16.2. The van der Waals surface area contributed by atoms with E-state index in [4.69, 9.17) is 9.47 Å². The average Bonchev–Trinajstić information content (AvgIpc) is 2.48. The Labute approximate surface area is 120 Å². The standard InChI is InChI=1S/C15H22N2O3/c1-3-8-17-15(18)12-20-14-7-5-4-6-13(14)11-16-9-10-19-2/h3-7,16H,1,8-12H2,2H3,(H,17,18). The first-order valence-corrected chi connectivity index (χ1v) is 6.56. The minimum Gasteiger partial charge on any atom is -0.483 e. The van der Waals surface area contributed by atoms with Crippen molar-refractivity contribution in [2.24, 2.45) is 0 Å². The van der Waals surface area contributed by atoms with E-state index in [0.717, 1.165) is 12.1 Å². The molecule has 110 valence electrons. The van der Waals surface area contributed by atoms with Crippen molar-refractivity contribution >= 4 is 5.91 Å². The van der Waals surface area contributed by atoms with Crippen LogP contribution < -0.4 is 15.4 Å². The molecule has 0 aliphatic carbocycles. The van der Waals surface area contributed by atoms with Gasteiger partial charge in [-0.1, -0.05) is 24.3 Å². The fourth-order valence-electron chi connectivity index (χ4n) is 1.57. The molecule has 2 N–H and O–H groups in total. The monoisotopic (exact) mass is 278 g/mol. The summed E-state index contributed by atoms with van der Waals surface area (Å²) < 4.78 is 10.5. The zero-order valence-corrected chi connectivity index (χ0v) is 11.9. The molecule has 0 spiro atoms. The van der Waals surface area contributed by atoms with Crippen molar-refractivity contribution in [1.29, 1.82) is 0 Å². The lowest BCUT2D eigenvalue weighted by Gasteiger charge is -2.12. The van der Waals surface area contributed by atoms with E-state index in [0.29, 0.717) is 25.4 Å². The molecule has 1 aromatic carbocycles. The number of methoxy groups -OCH3 is 1. The average molecular weight is 278 g/mol. The molecule has 0 aromatic heterocycles. The number of para-hydroxylation sites is 1. The fourth-order valence-corrected chi connectivity index (χ4v) is 1.57. The summed E-state index contributed by atoms with van der Waals surface area (Å²) in [5.41, 5.74) is 1.01. The van der Waals surface area contributed by atoms with Crippen LogP contribution in [0, 0.1) is 0 Å². The predicted molar refractivity (Wildman–Crippen MR) is 78.7 cm³/mol. The van der Waals surface area contributed by atoms with E-state index in [-0.39, 0.29) is 12.5 Å². The third kappa shape index (κ3) is 6.36. The number of ether oxygens (including phenoxy) is 2. The molecule has 0 saturated carbocycles. The number of hydrogen-bond acceptors (Lipinski definition) is 4. The zero-order valence-electron chi connectivity index (χ0n) is 11.9. The molecule has 0 aliphatic rings. The van der Waals surface area contributed by atoms with Gasteiger partial charge in [0.05, 0.1) is 6.61 Å². The van der Waals surface area contributed by atoms with E-state index in [1.54, 1.807) is 13.2 Å². The number of carbonyl (C=O) groups is 1. The molecule has 5 heteroatoms. The maximum Gasteiger partial charge on any atom is 0.258 e. The lowest BCUT2D eigenvalue weighted by atomic mass is 10.2. The Morgan fingerprint density at radius 2 is 2.20 bits per heavy atom. The normalized spacial score (nSPS) is 10.1. The smallest absolute Gasteiger partial charge is 0.258 e. The molecule has 0 atom stereocenters. The molecule has 5 nitrogen and oxygen atoms in total. The number of rotatable bonds is 10. The summed E-state index contributed by atoms with van der Waals surface area (Å²) in [6, 6.07) is 7.65. The van der Waals surface area contributed by atoms with Gasteiger partial charge < -0.3 is 20.1 Å². The van der Waals surface area contributed by atoms with Crippen molar-refractivity contribution in [2.45, 2.75) is 6.54 Å². The van der Waals surface area contributed by atoms with Crippen molar-refractivity contribution in [3.63, 3.8) is 0 Å². The Hall–Kier alpha value is -1.85. The van der Waals surface area contributed by atoms with Crippen LogP contribution in [0.15, 0.2) is 36.9 Å². The second kappa shape index (κ2) is 10.00. The van der Waals surface area contributed by atoms with Crippen LogP contribution in [0.3, 0.4) is 0 Å². The molecule has 0 radical (unpaired) electrons. The third-order valence-corrected chi connectivity index (χ3v) is 2.57. The Kier molecular flexibility index (Phi) is 8.10. The molecule has 0 heterocycles. The maximum absolute atomic E-state index is 11.5. The fraction of sp³-hybridized carbons (Fsp3) is 0.400. The van der Waals surface area contributed by atoms with Crippen LogP contribution in [0.25, 0.3) is 0 Å².